The Kier molecular flexibility index (Phi) is 4.07. The van der Waals surface area contributed by atoms with Crippen molar-refractivity contribution in [1.29, 1.82) is 0 Å². The summed E-state index contributed by atoms with van der Waals surface area (Å²) in [5.41, 5.74) is 5.54. The van der Waals surface area contributed by atoms with E-state index in [1.165, 1.54) is 7.11 Å². The van der Waals surface area contributed by atoms with Gasteiger partial charge in [-0.3, -0.25) is 4.79 Å². The lowest BCUT2D eigenvalue weighted by Crippen LogP contribution is -2.62. The van der Waals surface area contributed by atoms with Crippen molar-refractivity contribution >= 4 is 5.91 Å². The molecular weight excluding hydrogens is 194 g/mol. The highest BCUT2D eigenvalue weighted by Gasteiger charge is 2.32. The summed E-state index contributed by atoms with van der Waals surface area (Å²) in [7, 11) is 3.57. The highest BCUT2D eigenvalue weighted by molar-refractivity contribution is 5.81. The van der Waals surface area contributed by atoms with Gasteiger partial charge in [-0.2, -0.15) is 0 Å². The summed E-state index contributed by atoms with van der Waals surface area (Å²) in [5.74, 6) is -0.135. The first-order chi connectivity index (χ1) is 6.97. The van der Waals surface area contributed by atoms with Gasteiger partial charge in [0, 0.05) is 20.2 Å². The highest BCUT2D eigenvalue weighted by atomic mass is 16.5. The van der Waals surface area contributed by atoms with Crippen molar-refractivity contribution in [3.63, 3.8) is 0 Å². The third-order valence-corrected chi connectivity index (χ3v) is 2.97. The van der Waals surface area contributed by atoms with Gasteiger partial charge in [0.05, 0.1) is 5.66 Å². The van der Waals surface area contributed by atoms with Gasteiger partial charge in [0.1, 0.15) is 6.10 Å². The molecule has 1 amide bonds. The van der Waals surface area contributed by atoms with Gasteiger partial charge in [-0.05, 0) is 26.8 Å². The van der Waals surface area contributed by atoms with Crippen molar-refractivity contribution < 1.29 is 9.53 Å². The van der Waals surface area contributed by atoms with E-state index in [4.69, 9.17) is 10.5 Å². The Labute approximate surface area is 90.9 Å². The normalized spacial score (nSPS) is 23.5. The first kappa shape index (κ1) is 12.4. The van der Waals surface area contributed by atoms with Crippen LogP contribution < -0.4 is 11.1 Å². The van der Waals surface area contributed by atoms with Crippen LogP contribution in [0.15, 0.2) is 0 Å². The molecule has 1 unspecified atom stereocenters. The molecule has 0 bridgehead atoms. The number of rotatable bonds is 3. The molecule has 1 fully saturated rings. The number of carbonyl (C=O) groups excluding carboxylic acids is 1. The molecule has 3 N–H and O–H groups in total. The summed E-state index contributed by atoms with van der Waals surface area (Å²) in [6.45, 7) is 3.55. The molecule has 1 atom stereocenters. The lowest BCUT2D eigenvalue weighted by atomic mass is 9.98. The van der Waals surface area contributed by atoms with Crippen LogP contribution in [0.1, 0.15) is 19.8 Å². The van der Waals surface area contributed by atoms with Gasteiger partial charge < -0.3 is 20.7 Å². The van der Waals surface area contributed by atoms with E-state index in [1.54, 1.807) is 6.92 Å². The van der Waals surface area contributed by atoms with Gasteiger partial charge in [-0.1, -0.05) is 0 Å². The predicted octanol–water partition coefficient (Wildman–Crippen LogP) is -0.482. The topological polar surface area (TPSA) is 67.6 Å². The molecule has 5 nitrogen and oxygen atoms in total. The average molecular weight is 215 g/mol. The largest absolute Gasteiger partial charge is 0.372 e. The molecule has 5 heteroatoms. The fraction of sp³-hybridized carbons (Fsp3) is 0.900. The van der Waals surface area contributed by atoms with Crippen LogP contribution in [-0.4, -0.2) is 49.8 Å². The Morgan fingerprint density at radius 1 is 1.53 bits per heavy atom. The molecule has 1 aliphatic rings. The Balaban J connectivity index is 2.46. The molecular formula is C10H21N3O2. The molecule has 1 aliphatic heterocycles. The van der Waals surface area contributed by atoms with Crippen LogP contribution in [0.4, 0.5) is 0 Å². The SMILES string of the molecule is COC(C)C(=O)NC1(N)CCN(C)CC1. The Morgan fingerprint density at radius 2 is 2.07 bits per heavy atom. The van der Waals surface area contributed by atoms with E-state index in [9.17, 15) is 4.79 Å². The lowest BCUT2D eigenvalue weighted by Gasteiger charge is -2.38. The van der Waals surface area contributed by atoms with Crippen LogP contribution in [0.2, 0.25) is 0 Å². The fourth-order valence-electron chi connectivity index (χ4n) is 1.60. The molecule has 1 rings (SSSR count). The lowest BCUT2D eigenvalue weighted by molar-refractivity contribution is -0.132. The number of amides is 1. The number of ether oxygens (including phenoxy) is 1. The number of nitrogens with zero attached hydrogens (tertiary/aromatic N) is 1. The quantitative estimate of drug-likeness (QED) is 0.624. The van der Waals surface area contributed by atoms with Gasteiger partial charge in [0.15, 0.2) is 0 Å². The number of likely N-dealkylation sites (tertiary alicyclic amines) is 1. The molecule has 0 saturated carbocycles. The smallest absolute Gasteiger partial charge is 0.250 e. The van der Waals surface area contributed by atoms with E-state index in [-0.39, 0.29) is 5.91 Å². The predicted molar refractivity (Wildman–Crippen MR) is 58.3 cm³/mol. The molecule has 0 aromatic rings. The second-order valence-electron chi connectivity index (χ2n) is 4.33. The maximum Gasteiger partial charge on any atom is 0.250 e. The highest BCUT2D eigenvalue weighted by Crippen LogP contribution is 2.15. The van der Waals surface area contributed by atoms with E-state index < -0.39 is 11.8 Å². The third-order valence-electron chi connectivity index (χ3n) is 2.97. The van der Waals surface area contributed by atoms with E-state index in [0.717, 1.165) is 25.9 Å². The standard InChI is InChI=1S/C10H21N3O2/c1-8(15-3)9(14)12-10(11)4-6-13(2)7-5-10/h8H,4-7,11H2,1-3H3,(H,12,14). The van der Waals surface area contributed by atoms with Crippen molar-refractivity contribution in [3.05, 3.63) is 0 Å². The summed E-state index contributed by atoms with van der Waals surface area (Å²) in [6.07, 6.45) is 1.13. The Bertz CT molecular complexity index is 225. The van der Waals surface area contributed by atoms with E-state index in [1.807, 2.05) is 0 Å². The zero-order chi connectivity index (χ0) is 11.5. The zero-order valence-corrected chi connectivity index (χ0v) is 9.75. The van der Waals surface area contributed by atoms with Crippen molar-refractivity contribution in [2.24, 2.45) is 5.73 Å². The summed E-state index contributed by atoms with van der Waals surface area (Å²) in [6, 6.07) is 0. The molecule has 1 heterocycles. The third kappa shape index (κ3) is 3.44. The van der Waals surface area contributed by atoms with Crippen LogP contribution in [-0.2, 0) is 9.53 Å². The van der Waals surface area contributed by atoms with E-state index in [2.05, 4.69) is 17.3 Å². The van der Waals surface area contributed by atoms with Crippen molar-refractivity contribution in [3.8, 4) is 0 Å². The van der Waals surface area contributed by atoms with Gasteiger partial charge >= 0.3 is 0 Å². The number of nitrogens with one attached hydrogen (secondary N) is 1. The Hall–Kier alpha value is -0.650. The molecule has 0 radical (unpaired) electrons. The summed E-state index contributed by atoms with van der Waals surface area (Å²) < 4.78 is 4.94. The molecule has 15 heavy (non-hydrogen) atoms. The minimum Gasteiger partial charge on any atom is -0.372 e. The number of piperidine rings is 1. The number of hydrogen-bond acceptors (Lipinski definition) is 4. The molecule has 0 aromatic heterocycles. The fourth-order valence-corrected chi connectivity index (χ4v) is 1.60. The van der Waals surface area contributed by atoms with Gasteiger partial charge in [0.25, 0.3) is 0 Å². The first-order valence-electron chi connectivity index (χ1n) is 5.29. The van der Waals surface area contributed by atoms with Crippen LogP contribution in [0.3, 0.4) is 0 Å². The Morgan fingerprint density at radius 3 is 2.53 bits per heavy atom. The van der Waals surface area contributed by atoms with Crippen LogP contribution in [0.25, 0.3) is 0 Å². The summed E-state index contributed by atoms with van der Waals surface area (Å²) >= 11 is 0. The minimum atomic E-state index is -0.559. The first-order valence-corrected chi connectivity index (χ1v) is 5.29. The molecule has 0 aromatic carbocycles. The van der Waals surface area contributed by atoms with Crippen LogP contribution in [0.5, 0.6) is 0 Å². The maximum atomic E-state index is 11.6. The van der Waals surface area contributed by atoms with Crippen molar-refractivity contribution in [2.45, 2.75) is 31.5 Å². The molecule has 0 spiro atoms. The van der Waals surface area contributed by atoms with Crippen molar-refractivity contribution in [1.82, 2.24) is 10.2 Å². The second-order valence-corrected chi connectivity index (χ2v) is 4.33. The zero-order valence-electron chi connectivity index (χ0n) is 9.75. The van der Waals surface area contributed by atoms with Crippen LogP contribution in [0, 0.1) is 0 Å². The number of hydrogen-bond donors (Lipinski definition) is 2. The van der Waals surface area contributed by atoms with Gasteiger partial charge in [-0.25, -0.2) is 0 Å². The molecule has 88 valence electrons. The average Bonchev–Trinajstić information content (AvgIpc) is 2.21. The second kappa shape index (κ2) is 4.92. The summed E-state index contributed by atoms with van der Waals surface area (Å²) in [4.78, 5) is 13.8. The minimum absolute atomic E-state index is 0.135. The van der Waals surface area contributed by atoms with Crippen LogP contribution >= 0.6 is 0 Å². The van der Waals surface area contributed by atoms with Crippen molar-refractivity contribution in [2.75, 3.05) is 27.2 Å². The van der Waals surface area contributed by atoms with E-state index in [0.29, 0.717) is 0 Å². The monoisotopic (exact) mass is 215 g/mol. The summed E-state index contributed by atoms with van der Waals surface area (Å²) in [5, 5.41) is 2.85. The van der Waals surface area contributed by atoms with Gasteiger partial charge in [-0.15, -0.1) is 0 Å². The van der Waals surface area contributed by atoms with Gasteiger partial charge in [0.2, 0.25) is 5.91 Å². The molecule has 1 saturated heterocycles. The number of carbonyl (C=O) groups is 1. The maximum absolute atomic E-state index is 11.6. The number of methoxy groups -OCH3 is 1. The molecule has 0 aliphatic carbocycles. The van der Waals surface area contributed by atoms with E-state index >= 15 is 0 Å². The number of nitrogens with two attached hydrogens (primary N) is 1.